The molecule has 0 saturated carbocycles. The van der Waals surface area contributed by atoms with Crippen LogP contribution in [0.4, 0.5) is 5.95 Å². The van der Waals surface area contributed by atoms with Crippen LogP contribution in [0.25, 0.3) is 23.6 Å². The molecular weight excluding hydrogens is 368 g/mol. The van der Waals surface area contributed by atoms with Crippen molar-refractivity contribution in [2.24, 2.45) is 0 Å². The molecule has 2 aromatic heterocycles. The van der Waals surface area contributed by atoms with Gasteiger partial charge in [0, 0.05) is 25.9 Å². The second-order valence-corrected chi connectivity index (χ2v) is 6.43. The van der Waals surface area contributed by atoms with Gasteiger partial charge in [-0.3, -0.25) is 0 Å². The summed E-state index contributed by atoms with van der Waals surface area (Å²) >= 11 is 3.46. The van der Waals surface area contributed by atoms with Gasteiger partial charge in [-0.05, 0) is 47.1 Å². The highest BCUT2D eigenvalue weighted by Crippen LogP contribution is 2.21. The molecule has 0 radical (unpaired) electrons. The third-order valence-corrected chi connectivity index (χ3v) is 4.00. The van der Waals surface area contributed by atoms with Crippen molar-refractivity contribution in [3.63, 3.8) is 0 Å². The van der Waals surface area contributed by atoms with Gasteiger partial charge in [-0.2, -0.15) is 0 Å². The Labute approximate surface area is 149 Å². The Kier molecular flexibility index (Phi) is 4.76. The minimum atomic E-state index is 0.602. The molecule has 0 atom stereocenters. The predicted molar refractivity (Wildman–Crippen MR) is 99.7 cm³/mol. The largest absolute Gasteiger partial charge is 0.444 e. The first-order chi connectivity index (χ1) is 11.5. The lowest BCUT2D eigenvalue weighted by Crippen LogP contribution is -2.13. The zero-order valence-corrected chi connectivity index (χ0v) is 15.3. The van der Waals surface area contributed by atoms with Gasteiger partial charge < -0.3 is 9.32 Å². The summed E-state index contributed by atoms with van der Waals surface area (Å²) in [5.74, 6) is 1.25. The fraction of sp³-hybridized carbons (Fsp3) is 0.167. The summed E-state index contributed by atoms with van der Waals surface area (Å²) in [6, 6.07) is 8.07. The molecule has 0 fully saturated rings. The van der Waals surface area contributed by atoms with E-state index in [1.54, 1.807) is 12.5 Å². The quantitative estimate of drug-likeness (QED) is 0.665. The molecule has 5 nitrogen and oxygen atoms in total. The van der Waals surface area contributed by atoms with Gasteiger partial charge in [-0.25, -0.2) is 15.0 Å². The Hall–Kier alpha value is -2.47. The Morgan fingerprint density at radius 3 is 2.54 bits per heavy atom. The van der Waals surface area contributed by atoms with Crippen LogP contribution in [0, 0.1) is 6.92 Å². The van der Waals surface area contributed by atoms with Crippen LogP contribution in [0.5, 0.6) is 0 Å². The van der Waals surface area contributed by atoms with Gasteiger partial charge in [0.25, 0.3) is 0 Å². The minimum Gasteiger partial charge on any atom is -0.444 e. The molecule has 0 aliphatic carbocycles. The van der Waals surface area contributed by atoms with Crippen LogP contribution in [0.2, 0.25) is 0 Å². The average molecular weight is 385 g/mol. The molecule has 2 heterocycles. The Morgan fingerprint density at radius 2 is 1.83 bits per heavy atom. The number of hydrogen-bond acceptors (Lipinski definition) is 5. The molecule has 122 valence electrons. The molecular formula is C18H17BrN4O. The van der Waals surface area contributed by atoms with E-state index in [9.17, 15) is 0 Å². The molecule has 0 amide bonds. The highest BCUT2D eigenvalue weighted by atomic mass is 79.9. The molecule has 6 heteroatoms. The number of aromatic nitrogens is 3. The highest BCUT2D eigenvalue weighted by molar-refractivity contribution is 9.10. The average Bonchev–Trinajstić information content (AvgIpc) is 3.03. The SMILES string of the molecule is Cc1ccc(-c2nc(C=Cc3nc(N(C)C)ncc3Br)co2)cc1. The van der Waals surface area contributed by atoms with Gasteiger partial charge in [0.1, 0.15) is 12.0 Å². The van der Waals surface area contributed by atoms with E-state index >= 15 is 0 Å². The first kappa shape index (κ1) is 16.4. The number of anilines is 1. The fourth-order valence-corrected chi connectivity index (χ4v) is 2.38. The molecule has 1 aromatic carbocycles. The zero-order valence-electron chi connectivity index (χ0n) is 13.7. The predicted octanol–water partition coefficient (Wildman–Crippen LogP) is 4.44. The molecule has 0 bridgehead atoms. The maximum absolute atomic E-state index is 5.56. The van der Waals surface area contributed by atoms with Crippen molar-refractivity contribution in [2.75, 3.05) is 19.0 Å². The van der Waals surface area contributed by atoms with E-state index in [0.717, 1.165) is 21.4 Å². The Morgan fingerprint density at radius 1 is 1.08 bits per heavy atom. The van der Waals surface area contributed by atoms with Crippen LogP contribution in [-0.4, -0.2) is 29.0 Å². The topological polar surface area (TPSA) is 55.1 Å². The molecule has 3 aromatic rings. The number of nitrogens with zero attached hydrogens (tertiary/aromatic N) is 4. The fourth-order valence-electron chi connectivity index (χ4n) is 2.06. The Balaban J connectivity index is 1.83. The van der Waals surface area contributed by atoms with Crippen LogP contribution in [-0.2, 0) is 0 Å². The van der Waals surface area contributed by atoms with Crippen LogP contribution < -0.4 is 4.90 Å². The van der Waals surface area contributed by atoms with Crippen LogP contribution in [0.1, 0.15) is 17.0 Å². The van der Waals surface area contributed by atoms with Crippen molar-refractivity contribution in [3.8, 4) is 11.5 Å². The van der Waals surface area contributed by atoms with E-state index in [1.165, 1.54) is 5.56 Å². The van der Waals surface area contributed by atoms with Gasteiger partial charge in [0.05, 0.1) is 10.2 Å². The lowest BCUT2D eigenvalue weighted by molar-refractivity contribution is 0.574. The summed E-state index contributed by atoms with van der Waals surface area (Å²) in [4.78, 5) is 15.1. The molecule has 0 saturated heterocycles. The van der Waals surface area contributed by atoms with E-state index in [4.69, 9.17) is 4.42 Å². The molecule has 3 rings (SSSR count). The normalized spacial score (nSPS) is 11.2. The van der Waals surface area contributed by atoms with Crippen molar-refractivity contribution in [1.29, 1.82) is 0 Å². The van der Waals surface area contributed by atoms with E-state index in [2.05, 4.69) is 37.8 Å². The van der Waals surface area contributed by atoms with E-state index in [0.29, 0.717) is 11.8 Å². The van der Waals surface area contributed by atoms with Gasteiger partial charge in [-0.1, -0.05) is 17.7 Å². The van der Waals surface area contributed by atoms with Gasteiger partial charge in [0.2, 0.25) is 11.8 Å². The molecule has 0 N–H and O–H groups in total. The lowest BCUT2D eigenvalue weighted by atomic mass is 10.1. The lowest BCUT2D eigenvalue weighted by Gasteiger charge is -2.10. The zero-order chi connectivity index (χ0) is 17.1. The number of halogens is 1. The summed E-state index contributed by atoms with van der Waals surface area (Å²) in [6.45, 7) is 2.05. The van der Waals surface area contributed by atoms with Crippen molar-refractivity contribution in [1.82, 2.24) is 15.0 Å². The maximum atomic E-state index is 5.56. The van der Waals surface area contributed by atoms with E-state index in [1.807, 2.05) is 55.4 Å². The summed E-state index contributed by atoms with van der Waals surface area (Å²) in [6.07, 6.45) is 7.12. The molecule has 0 spiro atoms. The van der Waals surface area contributed by atoms with Crippen LogP contribution in [0.3, 0.4) is 0 Å². The van der Waals surface area contributed by atoms with E-state index in [-0.39, 0.29) is 0 Å². The van der Waals surface area contributed by atoms with Crippen molar-refractivity contribution in [2.45, 2.75) is 6.92 Å². The minimum absolute atomic E-state index is 0.602. The third kappa shape index (κ3) is 3.71. The summed E-state index contributed by atoms with van der Waals surface area (Å²) in [7, 11) is 3.81. The highest BCUT2D eigenvalue weighted by Gasteiger charge is 2.06. The number of benzene rings is 1. The monoisotopic (exact) mass is 384 g/mol. The summed E-state index contributed by atoms with van der Waals surface area (Å²) < 4.78 is 6.38. The molecule has 0 aliphatic rings. The van der Waals surface area contributed by atoms with Gasteiger partial charge in [0.15, 0.2) is 0 Å². The number of hydrogen-bond donors (Lipinski definition) is 0. The first-order valence-corrected chi connectivity index (χ1v) is 8.23. The molecule has 0 aliphatic heterocycles. The van der Waals surface area contributed by atoms with E-state index < -0.39 is 0 Å². The van der Waals surface area contributed by atoms with Crippen molar-refractivity contribution >= 4 is 34.0 Å². The van der Waals surface area contributed by atoms with Gasteiger partial charge >= 0.3 is 0 Å². The Bertz CT molecular complexity index is 869. The molecule has 0 unspecified atom stereocenters. The number of aryl methyl sites for hydroxylation is 1. The first-order valence-electron chi connectivity index (χ1n) is 7.43. The van der Waals surface area contributed by atoms with Gasteiger partial charge in [-0.15, -0.1) is 0 Å². The van der Waals surface area contributed by atoms with Crippen LogP contribution >= 0.6 is 15.9 Å². The third-order valence-electron chi connectivity index (χ3n) is 3.39. The van der Waals surface area contributed by atoms with Crippen molar-refractivity contribution < 1.29 is 4.42 Å². The van der Waals surface area contributed by atoms with Crippen molar-refractivity contribution in [3.05, 3.63) is 58.1 Å². The standard InChI is InChI=1S/C18H17BrN4O/c1-12-4-6-13(7-5-12)17-21-14(11-24-17)8-9-16-15(19)10-20-18(22-16)23(2)3/h4-11H,1-3H3. The second-order valence-electron chi connectivity index (χ2n) is 5.57. The summed E-state index contributed by atoms with van der Waals surface area (Å²) in [5.41, 5.74) is 3.69. The summed E-state index contributed by atoms with van der Waals surface area (Å²) in [5, 5.41) is 0. The maximum Gasteiger partial charge on any atom is 0.226 e. The molecule has 24 heavy (non-hydrogen) atoms. The van der Waals surface area contributed by atoms with Crippen LogP contribution in [0.15, 0.2) is 45.6 Å². The second kappa shape index (κ2) is 6.97. The number of oxazole rings is 1. The smallest absolute Gasteiger partial charge is 0.226 e. The number of rotatable bonds is 4.